The topological polar surface area (TPSA) is 121 Å². The lowest BCUT2D eigenvalue weighted by Gasteiger charge is -2.30. The van der Waals surface area contributed by atoms with Crippen LogP contribution in [-0.2, 0) is 14.2 Å². The molecule has 178 valence electrons. The fourth-order valence-corrected chi connectivity index (χ4v) is 2.34. The van der Waals surface area contributed by atoms with Crippen LogP contribution in [0.5, 0.6) is 0 Å². The molecule has 2 fully saturated rings. The predicted molar refractivity (Wildman–Crippen MR) is 116 cm³/mol. The Morgan fingerprint density at radius 2 is 1.55 bits per heavy atom. The smallest absolute Gasteiger partial charge is 0.410 e. The van der Waals surface area contributed by atoms with Gasteiger partial charge >= 0.3 is 6.09 Å². The normalized spacial score (nSPS) is 27.1. The molecule has 0 saturated carbocycles. The number of nitrogens with zero attached hydrogens (tertiary/aromatic N) is 1. The number of rotatable bonds is 0. The minimum absolute atomic E-state index is 0. The molecule has 0 aromatic carbocycles. The zero-order valence-corrected chi connectivity index (χ0v) is 18.7. The van der Waals surface area contributed by atoms with Crippen LogP contribution in [0, 0.1) is 0 Å². The zero-order chi connectivity index (χ0) is 21.0. The molecule has 4 unspecified atom stereocenters. The minimum atomic E-state index is -0.641. The standard InChI is InChI=1S/C11H21NO4.C6H13NO2.CH4O.CH4.ClH/c1-8-6-15-7-9(13)5-12(8)10(14)16-11(2,3)4;1-5-3-9-4-6(8)2-7-5;1-2;;/h8-9,13H,5-7H2,1-4H3;5-8H,2-4H2,1H3;2H,1H3;1H4;1H. The van der Waals surface area contributed by atoms with Crippen molar-refractivity contribution in [3.8, 4) is 0 Å². The molecule has 0 aromatic rings. The van der Waals surface area contributed by atoms with Gasteiger partial charge in [-0.3, -0.25) is 0 Å². The van der Waals surface area contributed by atoms with E-state index in [-0.39, 0.29) is 45.1 Å². The largest absolute Gasteiger partial charge is 0.444 e. The highest BCUT2D eigenvalue weighted by Crippen LogP contribution is 2.14. The van der Waals surface area contributed by atoms with Crippen molar-refractivity contribution in [3.05, 3.63) is 0 Å². The Balaban J connectivity index is -0.000000447. The van der Waals surface area contributed by atoms with Crippen molar-refractivity contribution in [2.75, 3.05) is 46.6 Å². The molecule has 10 heteroatoms. The second kappa shape index (κ2) is 17.0. The summed E-state index contributed by atoms with van der Waals surface area (Å²) >= 11 is 0. The van der Waals surface area contributed by atoms with Crippen molar-refractivity contribution in [2.45, 2.75) is 71.9 Å². The number of nitrogens with one attached hydrogen (secondary N) is 1. The van der Waals surface area contributed by atoms with Crippen LogP contribution in [0.1, 0.15) is 42.0 Å². The summed E-state index contributed by atoms with van der Waals surface area (Å²) in [4.78, 5) is 13.4. The first kappa shape index (κ1) is 33.0. The van der Waals surface area contributed by atoms with Gasteiger partial charge in [0.15, 0.2) is 0 Å². The highest BCUT2D eigenvalue weighted by Gasteiger charge is 2.30. The molecule has 2 aliphatic rings. The number of aliphatic hydroxyl groups is 3. The Labute approximate surface area is 182 Å². The molecule has 2 rings (SSSR count). The average molecular weight is 447 g/mol. The van der Waals surface area contributed by atoms with Gasteiger partial charge in [0.25, 0.3) is 0 Å². The first-order valence-corrected chi connectivity index (χ1v) is 9.28. The summed E-state index contributed by atoms with van der Waals surface area (Å²) in [6, 6.07) is 0.300. The second-order valence-electron chi connectivity index (χ2n) is 7.67. The molecule has 1 amide bonds. The van der Waals surface area contributed by atoms with Gasteiger partial charge in [-0.25, -0.2) is 4.79 Å². The first-order chi connectivity index (χ1) is 12.6. The van der Waals surface area contributed by atoms with Crippen molar-refractivity contribution in [1.82, 2.24) is 10.2 Å². The molecule has 2 saturated heterocycles. The summed E-state index contributed by atoms with van der Waals surface area (Å²) in [5, 5.41) is 28.7. The molecular weight excluding hydrogens is 404 g/mol. The van der Waals surface area contributed by atoms with Gasteiger partial charge in [0.1, 0.15) is 5.60 Å². The van der Waals surface area contributed by atoms with Crippen LogP contribution in [-0.4, -0.2) is 103 Å². The number of aliphatic hydroxyl groups excluding tert-OH is 3. The third kappa shape index (κ3) is 15.8. The lowest BCUT2D eigenvalue weighted by Crippen LogP contribution is -2.45. The Hall–Kier alpha value is -0.680. The number of carbonyl (C=O) groups excluding carboxylic acids is 1. The molecule has 4 atom stereocenters. The van der Waals surface area contributed by atoms with Gasteiger partial charge in [0, 0.05) is 19.7 Å². The SMILES string of the molecule is C.CC1COCC(O)CN1.CC1COCC(O)CN1C(=O)OC(C)(C)C.CO.Cl. The first-order valence-electron chi connectivity index (χ1n) is 9.28. The summed E-state index contributed by atoms with van der Waals surface area (Å²) < 4.78 is 15.6. The molecule has 0 spiro atoms. The van der Waals surface area contributed by atoms with Gasteiger partial charge in [-0.15, -0.1) is 12.4 Å². The van der Waals surface area contributed by atoms with E-state index in [2.05, 4.69) is 5.32 Å². The summed E-state index contributed by atoms with van der Waals surface area (Å²) in [6.07, 6.45) is -1.36. The van der Waals surface area contributed by atoms with E-state index in [0.717, 1.165) is 7.11 Å². The number of ether oxygens (including phenoxy) is 3. The van der Waals surface area contributed by atoms with Gasteiger partial charge in [-0.2, -0.15) is 0 Å². The van der Waals surface area contributed by atoms with Crippen molar-refractivity contribution >= 4 is 18.5 Å². The van der Waals surface area contributed by atoms with Gasteiger partial charge in [0.05, 0.1) is 51.2 Å². The molecular formula is C19H43ClN2O7. The number of amides is 1. The molecule has 4 N–H and O–H groups in total. The maximum Gasteiger partial charge on any atom is 0.410 e. The van der Waals surface area contributed by atoms with Crippen molar-refractivity contribution in [3.63, 3.8) is 0 Å². The minimum Gasteiger partial charge on any atom is -0.444 e. The van der Waals surface area contributed by atoms with E-state index in [1.54, 1.807) is 0 Å². The van der Waals surface area contributed by atoms with E-state index in [1.807, 2.05) is 34.6 Å². The van der Waals surface area contributed by atoms with Crippen LogP contribution < -0.4 is 5.32 Å². The third-order valence-electron chi connectivity index (χ3n) is 3.62. The highest BCUT2D eigenvalue weighted by molar-refractivity contribution is 5.85. The fraction of sp³-hybridized carbons (Fsp3) is 0.947. The number of halogens is 1. The van der Waals surface area contributed by atoms with Crippen LogP contribution in [0.4, 0.5) is 4.79 Å². The summed E-state index contributed by atoms with van der Waals surface area (Å²) in [5.41, 5.74) is -0.519. The van der Waals surface area contributed by atoms with Gasteiger partial charge in [0.2, 0.25) is 0 Å². The molecule has 0 aliphatic carbocycles. The molecule has 29 heavy (non-hydrogen) atoms. The van der Waals surface area contributed by atoms with Crippen LogP contribution in [0.25, 0.3) is 0 Å². The van der Waals surface area contributed by atoms with Gasteiger partial charge < -0.3 is 39.7 Å². The molecule has 2 aliphatic heterocycles. The van der Waals surface area contributed by atoms with Crippen LogP contribution in [0.3, 0.4) is 0 Å². The van der Waals surface area contributed by atoms with Crippen LogP contribution in [0.15, 0.2) is 0 Å². The van der Waals surface area contributed by atoms with Crippen LogP contribution in [0.2, 0.25) is 0 Å². The lowest BCUT2D eigenvalue weighted by molar-refractivity contribution is 0.0108. The van der Waals surface area contributed by atoms with Gasteiger partial charge in [-0.05, 0) is 34.6 Å². The van der Waals surface area contributed by atoms with E-state index in [1.165, 1.54) is 4.90 Å². The number of hydrogen-bond donors (Lipinski definition) is 4. The number of hydrogen-bond acceptors (Lipinski definition) is 8. The van der Waals surface area contributed by atoms with E-state index in [9.17, 15) is 9.90 Å². The van der Waals surface area contributed by atoms with Crippen LogP contribution >= 0.6 is 12.4 Å². The summed E-state index contributed by atoms with van der Waals surface area (Å²) in [5.74, 6) is 0. The molecule has 2 heterocycles. The lowest BCUT2D eigenvalue weighted by atomic mass is 10.2. The monoisotopic (exact) mass is 446 g/mol. The molecule has 0 radical (unpaired) electrons. The highest BCUT2D eigenvalue weighted by atomic mass is 35.5. The number of β-amino-alcohol motifs (C(OH)–C–C–N with tert-alkyl or cyclic N) is 2. The summed E-state index contributed by atoms with van der Waals surface area (Å²) in [7, 11) is 1.00. The Bertz CT molecular complexity index is 401. The second-order valence-corrected chi connectivity index (χ2v) is 7.67. The Morgan fingerprint density at radius 3 is 2.10 bits per heavy atom. The molecule has 9 nitrogen and oxygen atoms in total. The third-order valence-corrected chi connectivity index (χ3v) is 3.62. The van der Waals surface area contributed by atoms with E-state index >= 15 is 0 Å². The van der Waals surface area contributed by atoms with E-state index in [4.69, 9.17) is 24.4 Å². The van der Waals surface area contributed by atoms with Crippen molar-refractivity contribution in [2.24, 2.45) is 0 Å². The van der Waals surface area contributed by atoms with Crippen molar-refractivity contribution in [1.29, 1.82) is 0 Å². The van der Waals surface area contributed by atoms with Gasteiger partial charge in [-0.1, -0.05) is 7.43 Å². The maximum atomic E-state index is 11.9. The predicted octanol–water partition coefficient (Wildman–Crippen LogP) is 1.03. The quantitative estimate of drug-likeness (QED) is 0.435. The van der Waals surface area contributed by atoms with E-state index < -0.39 is 17.8 Å². The Kier molecular flexibility index (Phi) is 19.4. The molecule has 0 aromatic heterocycles. The zero-order valence-electron chi connectivity index (χ0n) is 17.9. The fourth-order valence-electron chi connectivity index (χ4n) is 2.34. The summed E-state index contributed by atoms with van der Waals surface area (Å²) in [6.45, 7) is 12.2. The molecule has 0 bridgehead atoms. The number of carbonyl (C=O) groups is 1. The van der Waals surface area contributed by atoms with E-state index in [0.29, 0.717) is 32.4 Å². The average Bonchev–Trinajstić information content (AvgIpc) is 2.87. The Morgan fingerprint density at radius 1 is 1.03 bits per heavy atom. The van der Waals surface area contributed by atoms with Crippen molar-refractivity contribution < 1.29 is 34.3 Å². The maximum absolute atomic E-state index is 11.9.